The zero-order valence-electron chi connectivity index (χ0n) is 10.9. The van der Waals surface area contributed by atoms with Crippen LogP contribution in [0.2, 0.25) is 0 Å². The quantitative estimate of drug-likeness (QED) is 0.858. The summed E-state index contributed by atoms with van der Waals surface area (Å²) < 4.78 is 0. The van der Waals surface area contributed by atoms with E-state index in [4.69, 9.17) is 23.2 Å². The third-order valence-electron chi connectivity index (χ3n) is 3.30. The summed E-state index contributed by atoms with van der Waals surface area (Å²) in [5.41, 5.74) is 0. The molecule has 0 aliphatic carbocycles. The van der Waals surface area contributed by atoms with Gasteiger partial charge in [-0.25, -0.2) is 0 Å². The largest absolute Gasteiger partial charge is 0.351 e. The molecule has 110 valence electrons. The lowest BCUT2D eigenvalue weighted by Crippen LogP contribution is -2.47. The van der Waals surface area contributed by atoms with Crippen molar-refractivity contribution in [2.45, 2.75) is 30.1 Å². The minimum atomic E-state index is -1.03. The maximum absolute atomic E-state index is 12.1. The summed E-state index contributed by atoms with van der Waals surface area (Å²) in [6.45, 7) is 1.31. The van der Waals surface area contributed by atoms with Gasteiger partial charge in [-0.1, -0.05) is 29.3 Å². The molecule has 1 aromatic rings. The zero-order chi connectivity index (χ0) is 14.5. The normalized spacial score (nSPS) is 16.4. The van der Waals surface area contributed by atoms with E-state index in [-0.39, 0.29) is 17.9 Å². The summed E-state index contributed by atoms with van der Waals surface area (Å²) in [4.78, 5) is 25.4. The average Bonchev–Trinajstić information content (AvgIpc) is 2.92. The number of hydrogen-bond donors (Lipinski definition) is 1. The lowest BCUT2D eigenvalue weighted by atomic mass is 10.0. The van der Waals surface area contributed by atoms with Crippen molar-refractivity contribution in [3.05, 3.63) is 22.4 Å². The van der Waals surface area contributed by atoms with Crippen LogP contribution in [0, 0.1) is 0 Å². The van der Waals surface area contributed by atoms with E-state index in [9.17, 15) is 9.59 Å². The fourth-order valence-corrected chi connectivity index (χ4v) is 3.03. The fraction of sp³-hybridized carbons (Fsp3) is 0.538. The van der Waals surface area contributed by atoms with Gasteiger partial charge in [-0.2, -0.15) is 0 Å². The molecule has 1 saturated heterocycles. The number of halogens is 2. The number of hydrogen-bond acceptors (Lipinski definition) is 3. The van der Waals surface area contributed by atoms with Crippen molar-refractivity contribution < 1.29 is 9.59 Å². The number of rotatable bonds is 4. The second-order valence-electron chi connectivity index (χ2n) is 4.72. The van der Waals surface area contributed by atoms with Crippen LogP contribution in [-0.2, 0) is 16.0 Å². The molecular weight excluding hydrogens is 319 g/mol. The highest BCUT2D eigenvalue weighted by Gasteiger charge is 2.25. The summed E-state index contributed by atoms with van der Waals surface area (Å²) in [7, 11) is 0. The van der Waals surface area contributed by atoms with Crippen molar-refractivity contribution in [2.24, 2.45) is 0 Å². The molecule has 1 N–H and O–H groups in total. The molecule has 1 fully saturated rings. The molecule has 1 aliphatic rings. The van der Waals surface area contributed by atoms with Crippen LogP contribution in [0.4, 0.5) is 0 Å². The third kappa shape index (κ3) is 4.36. The van der Waals surface area contributed by atoms with Gasteiger partial charge in [0.25, 0.3) is 5.91 Å². The molecule has 0 saturated carbocycles. The standard InChI is InChI=1S/C13H16Cl2N2O2S/c14-12(15)13(19)16-9-3-5-17(6-4-9)11(18)8-10-2-1-7-20-10/h1-2,7,9,12H,3-6,8H2,(H,16,19). The van der Waals surface area contributed by atoms with Crippen molar-refractivity contribution in [3.63, 3.8) is 0 Å². The van der Waals surface area contributed by atoms with E-state index in [1.165, 1.54) is 0 Å². The first-order valence-corrected chi connectivity index (χ1v) is 8.20. The van der Waals surface area contributed by atoms with Gasteiger partial charge in [-0.15, -0.1) is 11.3 Å². The van der Waals surface area contributed by atoms with Gasteiger partial charge in [0.15, 0.2) is 4.84 Å². The lowest BCUT2D eigenvalue weighted by molar-refractivity contribution is -0.131. The van der Waals surface area contributed by atoms with Gasteiger partial charge in [-0.05, 0) is 24.3 Å². The maximum Gasteiger partial charge on any atom is 0.253 e. The Morgan fingerprint density at radius 2 is 2.10 bits per heavy atom. The summed E-state index contributed by atoms with van der Waals surface area (Å²) >= 11 is 12.6. The molecule has 0 unspecified atom stereocenters. The molecular formula is C13H16Cl2N2O2S. The van der Waals surface area contributed by atoms with Crippen LogP contribution in [0.15, 0.2) is 17.5 Å². The SMILES string of the molecule is O=C(NC1CCN(C(=O)Cc2cccs2)CC1)C(Cl)Cl. The predicted octanol–water partition coefficient (Wildman–Crippen LogP) is 2.20. The summed E-state index contributed by atoms with van der Waals surface area (Å²) in [5, 5.41) is 4.76. The van der Waals surface area contributed by atoms with Crippen molar-refractivity contribution in [3.8, 4) is 0 Å². The number of thiophene rings is 1. The van der Waals surface area contributed by atoms with Crippen LogP contribution >= 0.6 is 34.5 Å². The van der Waals surface area contributed by atoms with E-state index in [1.54, 1.807) is 11.3 Å². The lowest BCUT2D eigenvalue weighted by Gasteiger charge is -2.32. The van der Waals surface area contributed by atoms with Crippen molar-refractivity contribution >= 4 is 46.4 Å². The highest BCUT2D eigenvalue weighted by Crippen LogP contribution is 2.15. The van der Waals surface area contributed by atoms with Gasteiger partial charge in [0.2, 0.25) is 5.91 Å². The van der Waals surface area contributed by atoms with Crippen molar-refractivity contribution in [1.29, 1.82) is 0 Å². The molecule has 1 aromatic heterocycles. The van der Waals surface area contributed by atoms with Crippen LogP contribution in [-0.4, -0.2) is 40.7 Å². The number of nitrogens with zero attached hydrogens (tertiary/aromatic N) is 1. The molecule has 20 heavy (non-hydrogen) atoms. The molecule has 7 heteroatoms. The first-order valence-electron chi connectivity index (χ1n) is 6.45. The summed E-state index contributed by atoms with van der Waals surface area (Å²) in [6, 6.07) is 3.97. The zero-order valence-corrected chi connectivity index (χ0v) is 13.2. The Morgan fingerprint density at radius 3 is 2.65 bits per heavy atom. The second kappa shape index (κ2) is 7.29. The highest BCUT2D eigenvalue weighted by molar-refractivity contribution is 7.10. The van der Waals surface area contributed by atoms with Gasteiger partial charge in [0, 0.05) is 24.0 Å². The van der Waals surface area contributed by atoms with E-state index < -0.39 is 4.84 Å². The molecule has 0 spiro atoms. The Balaban J connectivity index is 1.76. The monoisotopic (exact) mass is 334 g/mol. The topological polar surface area (TPSA) is 49.4 Å². The van der Waals surface area contributed by atoms with Crippen LogP contribution in [0.5, 0.6) is 0 Å². The van der Waals surface area contributed by atoms with E-state index in [1.807, 2.05) is 22.4 Å². The Morgan fingerprint density at radius 1 is 1.40 bits per heavy atom. The van der Waals surface area contributed by atoms with Gasteiger partial charge < -0.3 is 10.2 Å². The fourth-order valence-electron chi connectivity index (χ4n) is 2.21. The average molecular weight is 335 g/mol. The summed E-state index contributed by atoms with van der Waals surface area (Å²) in [5.74, 6) is -0.221. The molecule has 2 amide bonds. The number of piperidine rings is 1. The molecule has 4 nitrogen and oxygen atoms in total. The van der Waals surface area contributed by atoms with Crippen LogP contribution in [0.1, 0.15) is 17.7 Å². The first kappa shape index (κ1) is 15.6. The Labute approximate surface area is 132 Å². The molecule has 2 heterocycles. The van der Waals surface area contributed by atoms with Crippen molar-refractivity contribution in [2.75, 3.05) is 13.1 Å². The first-order chi connectivity index (χ1) is 9.56. The van der Waals surface area contributed by atoms with Gasteiger partial charge in [-0.3, -0.25) is 9.59 Å². The third-order valence-corrected chi connectivity index (χ3v) is 4.57. The van der Waals surface area contributed by atoms with Crippen LogP contribution in [0.3, 0.4) is 0 Å². The molecule has 0 atom stereocenters. The van der Waals surface area contributed by atoms with E-state index >= 15 is 0 Å². The van der Waals surface area contributed by atoms with Gasteiger partial charge in [0.05, 0.1) is 6.42 Å². The van der Waals surface area contributed by atoms with Crippen molar-refractivity contribution in [1.82, 2.24) is 10.2 Å². The molecule has 2 rings (SSSR count). The maximum atomic E-state index is 12.1. The number of carbonyl (C=O) groups is 2. The van der Waals surface area contributed by atoms with Gasteiger partial charge >= 0.3 is 0 Å². The van der Waals surface area contributed by atoms with Crippen LogP contribution in [0.25, 0.3) is 0 Å². The van der Waals surface area contributed by atoms with E-state index in [0.29, 0.717) is 19.5 Å². The highest BCUT2D eigenvalue weighted by atomic mass is 35.5. The minimum Gasteiger partial charge on any atom is -0.351 e. The number of alkyl halides is 2. The summed E-state index contributed by atoms with van der Waals surface area (Å²) in [6.07, 6.45) is 1.94. The van der Waals surface area contributed by atoms with E-state index in [2.05, 4.69) is 5.32 Å². The number of amides is 2. The molecule has 0 radical (unpaired) electrons. The predicted molar refractivity (Wildman–Crippen MR) is 81.3 cm³/mol. The van der Waals surface area contributed by atoms with Gasteiger partial charge in [0.1, 0.15) is 0 Å². The molecule has 1 aliphatic heterocycles. The number of carbonyl (C=O) groups excluding carboxylic acids is 2. The number of nitrogens with one attached hydrogen (secondary N) is 1. The number of likely N-dealkylation sites (tertiary alicyclic amines) is 1. The second-order valence-corrected chi connectivity index (χ2v) is 6.85. The van der Waals surface area contributed by atoms with Crippen LogP contribution < -0.4 is 5.32 Å². The Kier molecular flexibility index (Phi) is 5.69. The van der Waals surface area contributed by atoms with E-state index in [0.717, 1.165) is 17.7 Å². The molecule has 0 aromatic carbocycles. The Hall–Kier alpha value is -0.780. The Bertz CT molecular complexity index is 457. The molecule has 0 bridgehead atoms. The minimum absolute atomic E-state index is 0.0493. The smallest absolute Gasteiger partial charge is 0.253 e.